The Labute approximate surface area is 163 Å². The number of pyridine rings is 2. The third kappa shape index (κ3) is 3.07. The van der Waals surface area contributed by atoms with Crippen molar-refractivity contribution in [3.05, 3.63) is 63.4 Å². The first kappa shape index (κ1) is 18.0. The molecule has 0 bridgehead atoms. The largest absolute Gasteiger partial charge is 0.492 e. The number of nitrogens with zero attached hydrogens (tertiary/aromatic N) is 2. The van der Waals surface area contributed by atoms with Crippen LogP contribution in [0.4, 0.5) is 15.8 Å². The molecule has 0 atom stereocenters. The minimum absolute atomic E-state index is 0.102. The predicted octanol–water partition coefficient (Wildman–Crippen LogP) is 4.12. The van der Waals surface area contributed by atoms with Gasteiger partial charge in [-0.3, -0.25) is 9.89 Å². The summed E-state index contributed by atoms with van der Waals surface area (Å²) in [5, 5.41) is 20.3. The SMILES string of the molecule is CCc1[nH]c(=O)c(-c2cc(Cl)ccc2F)cc1Nc1ccnc2[nH]nc(O)c12. The van der Waals surface area contributed by atoms with E-state index in [2.05, 4.69) is 25.5 Å². The predicted molar refractivity (Wildman–Crippen MR) is 106 cm³/mol. The quantitative estimate of drug-likeness (QED) is 0.413. The molecule has 4 N–H and O–H groups in total. The van der Waals surface area contributed by atoms with Crippen LogP contribution < -0.4 is 10.9 Å². The van der Waals surface area contributed by atoms with Crippen molar-refractivity contribution in [3.63, 3.8) is 0 Å². The number of aryl methyl sites for hydroxylation is 1. The molecule has 4 aromatic rings. The number of halogens is 2. The maximum Gasteiger partial charge on any atom is 0.256 e. The number of nitrogens with one attached hydrogen (secondary N) is 3. The number of benzene rings is 1. The van der Waals surface area contributed by atoms with Crippen LogP contribution in [0.5, 0.6) is 5.88 Å². The molecule has 7 nitrogen and oxygen atoms in total. The van der Waals surface area contributed by atoms with E-state index in [1.807, 2.05) is 6.92 Å². The summed E-state index contributed by atoms with van der Waals surface area (Å²) in [7, 11) is 0. The molecule has 0 aliphatic heterocycles. The molecule has 0 saturated heterocycles. The van der Waals surface area contributed by atoms with Crippen molar-refractivity contribution in [2.75, 3.05) is 5.32 Å². The van der Waals surface area contributed by atoms with Gasteiger partial charge in [0, 0.05) is 22.5 Å². The van der Waals surface area contributed by atoms with Gasteiger partial charge < -0.3 is 15.4 Å². The highest BCUT2D eigenvalue weighted by molar-refractivity contribution is 6.30. The van der Waals surface area contributed by atoms with Crippen LogP contribution >= 0.6 is 11.6 Å². The molecule has 0 fully saturated rings. The molecule has 0 aliphatic rings. The number of fused-ring (bicyclic) bond motifs is 1. The van der Waals surface area contributed by atoms with E-state index < -0.39 is 11.4 Å². The number of anilines is 2. The first-order valence-electron chi connectivity index (χ1n) is 8.48. The van der Waals surface area contributed by atoms with E-state index in [0.29, 0.717) is 39.5 Å². The Morgan fingerprint density at radius 3 is 2.82 bits per heavy atom. The Bertz CT molecular complexity index is 1250. The van der Waals surface area contributed by atoms with Crippen LogP contribution in [0.15, 0.2) is 41.3 Å². The fourth-order valence-electron chi connectivity index (χ4n) is 3.05. The Hall–Kier alpha value is -3.39. The van der Waals surface area contributed by atoms with E-state index in [9.17, 15) is 14.3 Å². The molecule has 0 saturated carbocycles. The molecule has 3 aromatic heterocycles. The average molecular weight is 400 g/mol. The zero-order chi connectivity index (χ0) is 19.8. The summed E-state index contributed by atoms with van der Waals surface area (Å²) in [5.74, 6) is -0.752. The van der Waals surface area contributed by atoms with Gasteiger partial charge >= 0.3 is 0 Å². The second kappa shape index (κ2) is 6.97. The molecule has 1 aromatic carbocycles. The second-order valence-corrected chi connectivity index (χ2v) is 6.57. The Morgan fingerprint density at radius 1 is 1.21 bits per heavy atom. The lowest BCUT2D eigenvalue weighted by Crippen LogP contribution is -2.14. The number of hydrogen-bond acceptors (Lipinski definition) is 5. The molecule has 0 amide bonds. The molecule has 4 rings (SSSR count). The Balaban J connectivity index is 1.88. The number of aromatic nitrogens is 4. The third-order valence-electron chi connectivity index (χ3n) is 4.41. The Morgan fingerprint density at radius 2 is 2.04 bits per heavy atom. The van der Waals surface area contributed by atoms with Crippen molar-refractivity contribution in [3.8, 4) is 17.0 Å². The number of aromatic hydroxyl groups is 1. The first-order chi connectivity index (χ1) is 13.5. The van der Waals surface area contributed by atoms with E-state index in [-0.39, 0.29) is 17.0 Å². The van der Waals surface area contributed by atoms with E-state index in [1.165, 1.54) is 18.2 Å². The van der Waals surface area contributed by atoms with Gasteiger partial charge in [-0.15, -0.1) is 5.10 Å². The van der Waals surface area contributed by atoms with Crippen LogP contribution in [-0.2, 0) is 6.42 Å². The van der Waals surface area contributed by atoms with Gasteiger partial charge in [0.1, 0.15) is 11.2 Å². The molecule has 0 radical (unpaired) electrons. The fraction of sp³-hybridized carbons (Fsp3) is 0.105. The lowest BCUT2D eigenvalue weighted by molar-refractivity contribution is 0.457. The van der Waals surface area contributed by atoms with E-state index >= 15 is 0 Å². The Kier molecular flexibility index (Phi) is 4.48. The zero-order valence-electron chi connectivity index (χ0n) is 14.7. The van der Waals surface area contributed by atoms with Gasteiger partial charge in [-0.05, 0) is 36.8 Å². The fourth-order valence-corrected chi connectivity index (χ4v) is 3.22. The molecular formula is C19H15ClFN5O2. The summed E-state index contributed by atoms with van der Waals surface area (Å²) >= 11 is 5.98. The smallest absolute Gasteiger partial charge is 0.256 e. The summed E-state index contributed by atoms with van der Waals surface area (Å²) in [6.07, 6.45) is 2.08. The van der Waals surface area contributed by atoms with Crippen molar-refractivity contribution in [2.45, 2.75) is 13.3 Å². The minimum atomic E-state index is -0.552. The van der Waals surface area contributed by atoms with Crippen molar-refractivity contribution in [2.24, 2.45) is 0 Å². The van der Waals surface area contributed by atoms with Gasteiger partial charge in [-0.2, -0.15) is 0 Å². The van der Waals surface area contributed by atoms with Crippen molar-refractivity contribution in [1.29, 1.82) is 0 Å². The van der Waals surface area contributed by atoms with Crippen molar-refractivity contribution >= 4 is 34.0 Å². The molecule has 0 spiro atoms. The summed E-state index contributed by atoms with van der Waals surface area (Å²) in [5.41, 5.74) is 1.96. The highest BCUT2D eigenvalue weighted by Crippen LogP contribution is 2.32. The monoisotopic (exact) mass is 399 g/mol. The lowest BCUT2D eigenvalue weighted by Gasteiger charge is -2.14. The maximum absolute atomic E-state index is 14.3. The van der Waals surface area contributed by atoms with Gasteiger partial charge in [0.25, 0.3) is 5.56 Å². The molecule has 0 unspecified atom stereocenters. The van der Waals surface area contributed by atoms with Gasteiger partial charge in [0.05, 0.1) is 16.9 Å². The molecule has 28 heavy (non-hydrogen) atoms. The van der Waals surface area contributed by atoms with Crippen molar-refractivity contribution in [1.82, 2.24) is 20.2 Å². The van der Waals surface area contributed by atoms with Gasteiger partial charge in [-0.25, -0.2) is 9.37 Å². The number of rotatable bonds is 4. The second-order valence-electron chi connectivity index (χ2n) is 6.14. The van der Waals surface area contributed by atoms with Crippen LogP contribution in [0.25, 0.3) is 22.2 Å². The molecule has 0 aliphatic carbocycles. The zero-order valence-corrected chi connectivity index (χ0v) is 15.4. The molecular weight excluding hydrogens is 385 g/mol. The van der Waals surface area contributed by atoms with E-state index in [0.717, 1.165) is 0 Å². The summed E-state index contributed by atoms with van der Waals surface area (Å²) < 4.78 is 14.3. The standard InChI is InChI=1S/C19H15ClFN5O2/c1-2-13-15(23-14-5-6-22-17-16(14)19(28)26-25-17)8-11(18(27)24-13)10-7-9(20)3-4-12(10)21/h3-8H,2H2,1H3,(H,24,27)(H3,22,23,25,26,28). The highest BCUT2D eigenvalue weighted by Gasteiger charge is 2.16. The normalized spacial score (nSPS) is 11.1. The minimum Gasteiger partial charge on any atom is -0.492 e. The number of aromatic amines is 2. The van der Waals surface area contributed by atoms with Crippen LogP contribution in [0, 0.1) is 5.82 Å². The van der Waals surface area contributed by atoms with E-state index in [1.54, 1.807) is 18.3 Å². The van der Waals surface area contributed by atoms with Crippen LogP contribution in [-0.4, -0.2) is 25.3 Å². The summed E-state index contributed by atoms with van der Waals surface area (Å²) in [6, 6.07) is 7.28. The van der Waals surface area contributed by atoms with Gasteiger partial charge in [-0.1, -0.05) is 18.5 Å². The first-order valence-corrected chi connectivity index (χ1v) is 8.86. The molecule has 3 heterocycles. The lowest BCUT2D eigenvalue weighted by atomic mass is 10.0. The highest BCUT2D eigenvalue weighted by atomic mass is 35.5. The van der Waals surface area contributed by atoms with Crippen LogP contribution in [0.2, 0.25) is 5.02 Å². The third-order valence-corrected chi connectivity index (χ3v) is 4.64. The van der Waals surface area contributed by atoms with Gasteiger partial charge in [0.15, 0.2) is 5.65 Å². The van der Waals surface area contributed by atoms with Gasteiger partial charge in [0.2, 0.25) is 5.88 Å². The average Bonchev–Trinajstić information content (AvgIpc) is 3.07. The van der Waals surface area contributed by atoms with Crippen molar-refractivity contribution < 1.29 is 9.50 Å². The molecule has 9 heteroatoms. The number of hydrogen-bond donors (Lipinski definition) is 4. The topological polar surface area (TPSA) is 107 Å². The van der Waals surface area contributed by atoms with E-state index in [4.69, 9.17) is 11.6 Å². The van der Waals surface area contributed by atoms with Crippen LogP contribution in [0.3, 0.4) is 0 Å². The number of H-pyrrole nitrogens is 2. The van der Waals surface area contributed by atoms with Crippen LogP contribution in [0.1, 0.15) is 12.6 Å². The molecule has 142 valence electrons. The maximum atomic E-state index is 14.3. The summed E-state index contributed by atoms with van der Waals surface area (Å²) in [6.45, 7) is 1.88. The summed E-state index contributed by atoms with van der Waals surface area (Å²) in [4.78, 5) is 19.4.